The van der Waals surface area contributed by atoms with Crippen molar-refractivity contribution in [2.45, 2.75) is 26.2 Å². The van der Waals surface area contributed by atoms with E-state index in [1.807, 2.05) is 6.92 Å². The van der Waals surface area contributed by atoms with E-state index in [1.165, 1.54) is 0 Å². The Morgan fingerprint density at radius 1 is 1.54 bits per heavy atom. The van der Waals surface area contributed by atoms with Crippen LogP contribution in [0.4, 0.5) is 0 Å². The van der Waals surface area contributed by atoms with Crippen molar-refractivity contribution in [1.29, 1.82) is 0 Å². The maximum Gasteiger partial charge on any atom is 1.00 e. The summed E-state index contributed by atoms with van der Waals surface area (Å²) in [5.41, 5.74) is 0. The molecule has 0 rings (SSSR count). The topological polar surface area (TPSA) is 80.7 Å². The third kappa shape index (κ3) is 13.0. The fraction of sp³-hybridized carbons (Fsp3) is 0.833. The molecule has 1 N–H and O–H groups in total. The summed E-state index contributed by atoms with van der Waals surface area (Å²) in [6.07, 6.45) is 1.68. The summed E-state index contributed by atoms with van der Waals surface area (Å²) < 4.78 is 32.6. The maximum atomic E-state index is 10.7. The Balaban J connectivity index is -0.000000605. The first-order valence-corrected chi connectivity index (χ1v) is 5.17. The SMILES string of the molecule is CCCCC(=O)OCS(=O)(=O)O.[H-].[K+]. The Morgan fingerprint density at radius 3 is 2.46 bits per heavy atom. The van der Waals surface area contributed by atoms with Gasteiger partial charge in [-0.05, 0) is 6.42 Å². The van der Waals surface area contributed by atoms with E-state index in [1.54, 1.807) is 0 Å². The molecule has 0 fully saturated rings. The first kappa shape index (κ1) is 16.4. The number of carbonyl (C=O) groups is 1. The quantitative estimate of drug-likeness (QED) is 0.329. The largest absolute Gasteiger partial charge is 1.00 e. The number of rotatable bonds is 5. The van der Waals surface area contributed by atoms with Crippen molar-refractivity contribution in [3.63, 3.8) is 0 Å². The van der Waals surface area contributed by atoms with Crippen LogP contribution in [0.2, 0.25) is 0 Å². The van der Waals surface area contributed by atoms with E-state index < -0.39 is 22.0 Å². The van der Waals surface area contributed by atoms with Gasteiger partial charge < -0.3 is 6.16 Å². The van der Waals surface area contributed by atoms with Crippen molar-refractivity contribution >= 4 is 16.1 Å². The third-order valence-corrected chi connectivity index (χ3v) is 1.52. The van der Waals surface area contributed by atoms with Gasteiger partial charge in [-0.15, -0.1) is 0 Å². The third-order valence-electron chi connectivity index (χ3n) is 1.10. The van der Waals surface area contributed by atoms with Gasteiger partial charge >= 0.3 is 67.5 Å². The second kappa shape index (κ2) is 8.34. The molecule has 0 radical (unpaired) electrons. The van der Waals surface area contributed by atoms with Gasteiger partial charge in [-0.25, -0.2) is 0 Å². The first-order valence-electron chi connectivity index (χ1n) is 3.56. The molecule has 0 heterocycles. The van der Waals surface area contributed by atoms with Crippen LogP contribution < -0.4 is 51.4 Å². The molecule has 0 atom stereocenters. The van der Waals surface area contributed by atoms with E-state index in [-0.39, 0.29) is 59.2 Å². The van der Waals surface area contributed by atoms with Crippen molar-refractivity contribution in [3.05, 3.63) is 0 Å². The molecular formula is C6H13KO5S. The summed E-state index contributed by atoms with van der Waals surface area (Å²) in [5.74, 6) is -1.55. The molecule has 0 aliphatic heterocycles. The molecule has 0 unspecified atom stereocenters. The molecule has 0 saturated heterocycles. The van der Waals surface area contributed by atoms with Crippen LogP contribution in [-0.4, -0.2) is 24.9 Å². The predicted octanol–water partition coefficient (Wildman–Crippen LogP) is -2.32. The van der Waals surface area contributed by atoms with Gasteiger partial charge in [-0.2, -0.15) is 8.42 Å². The minimum absolute atomic E-state index is 0. The Bertz CT molecular complexity index is 241. The average Bonchev–Trinajstić information content (AvgIpc) is 1.95. The Morgan fingerprint density at radius 2 is 2.08 bits per heavy atom. The van der Waals surface area contributed by atoms with Crippen LogP contribution in [0.25, 0.3) is 0 Å². The molecule has 0 saturated carbocycles. The van der Waals surface area contributed by atoms with E-state index in [0.29, 0.717) is 6.42 Å². The molecule has 0 amide bonds. The van der Waals surface area contributed by atoms with Gasteiger partial charge in [0.05, 0.1) is 0 Å². The zero-order valence-corrected chi connectivity index (χ0v) is 11.8. The normalized spacial score (nSPS) is 10.3. The van der Waals surface area contributed by atoms with E-state index >= 15 is 0 Å². The van der Waals surface area contributed by atoms with Crippen LogP contribution >= 0.6 is 0 Å². The first-order chi connectivity index (χ1) is 5.45. The van der Waals surface area contributed by atoms with Crippen LogP contribution in [0.15, 0.2) is 0 Å². The number of unbranched alkanes of at least 4 members (excludes halogenated alkanes) is 1. The number of hydrogen-bond donors (Lipinski definition) is 1. The maximum absolute atomic E-state index is 10.7. The van der Waals surface area contributed by atoms with Crippen LogP contribution in [0, 0.1) is 0 Å². The summed E-state index contributed by atoms with van der Waals surface area (Å²) in [4.78, 5) is 10.7. The number of ether oxygens (including phenoxy) is 1. The zero-order valence-electron chi connectivity index (χ0n) is 8.82. The Kier molecular flexibility index (Phi) is 10.5. The van der Waals surface area contributed by atoms with Crippen molar-refractivity contribution in [3.8, 4) is 0 Å². The van der Waals surface area contributed by atoms with Crippen LogP contribution in [0.1, 0.15) is 27.6 Å². The molecule has 74 valence electrons. The van der Waals surface area contributed by atoms with Crippen LogP contribution in [-0.2, 0) is 19.6 Å². The molecular weight excluding hydrogens is 223 g/mol. The Labute approximate surface area is 122 Å². The van der Waals surface area contributed by atoms with Crippen LogP contribution in [0.3, 0.4) is 0 Å². The minimum atomic E-state index is -4.19. The molecule has 13 heavy (non-hydrogen) atoms. The van der Waals surface area contributed by atoms with Gasteiger partial charge in [0.25, 0.3) is 0 Å². The van der Waals surface area contributed by atoms with E-state index in [4.69, 9.17) is 4.55 Å². The van der Waals surface area contributed by atoms with Gasteiger partial charge in [0, 0.05) is 6.42 Å². The van der Waals surface area contributed by atoms with Crippen molar-refractivity contribution in [1.82, 2.24) is 0 Å². The smallest absolute Gasteiger partial charge is 1.00 e. The Hall–Kier alpha value is 1.02. The van der Waals surface area contributed by atoms with Gasteiger partial charge in [-0.1, -0.05) is 13.3 Å². The predicted molar refractivity (Wildman–Crippen MR) is 43.1 cm³/mol. The van der Waals surface area contributed by atoms with Gasteiger partial charge in [0.2, 0.25) is 5.94 Å². The molecule has 0 spiro atoms. The van der Waals surface area contributed by atoms with Crippen molar-refractivity contribution in [2.24, 2.45) is 0 Å². The van der Waals surface area contributed by atoms with E-state index in [0.717, 1.165) is 6.42 Å². The summed E-state index contributed by atoms with van der Waals surface area (Å²) >= 11 is 0. The monoisotopic (exact) mass is 236 g/mol. The fourth-order valence-electron chi connectivity index (χ4n) is 0.533. The second-order valence-electron chi connectivity index (χ2n) is 2.32. The van der Waals surface area contributed by atoms with E-state index in [2.05, 4.69) is 4.74 Å². The van der Waals surface area contributed by atoms with Gasteiger partial charge in [-0.3, -0.25) is 9.35 Å². The second-order valence-corrected chi connectivity index (χ2v) is 3.72. The molecule has 0 aromatic heterocycles. The summed E-state index contributed by atoms with van der Waals surface area (Å²) in [5, 5.41) is 0. The number of hydrogen-bond acceptors (Lipinski definition) is 4. The van der Waals surface area contributed by atoms with Crippen molar-refractivity contribution in [2.75, 3.05) is 5.94 Å². The molecule has 0 aliphatic rings. The van der Waals surface area contributed by atoms with Crippen molar-refractivity contribution < 1.29 is 75.3 Å². The number of esters is 1. The standard InChI is InChI=1S/C6H12O5S.K.H/c1-2-3-4-6(7)11-5-12(8,9)10;;/h2-5H2,1H3,(H,8,9,10);;/q;+1;-1. The molecule has 7 heteroatoms. The molecule has 0 aromatic carbocycles. The van der Waals surface area contributed by atoms with Gasteiger partial charge in [0.1, 0.15) is 0 Å². The average molecular weight is 236 g/mol. The van der Waals surface area contributed by atoms with E-state index in [9.17, 15) is 13.2 Å². The molecule has 0 aromatic rings. The molecule has 0 bridgehead atoms. The zero-order chi connectivity index (χ0) is 9.61. The summed E-state index contributed by atoms with van der Waals surface area (Å²) in [6.45, 7) is 1.90. The fourth-order valence-corrected chi connectivity index (χ4v) is 0.814. The summed E-state index contributed by atoms with van der Waals surface area (Å²) in [6, 6.07) is 0. The molecule has 0 aliphatic carbocycles. The number of carbonyl (C=O) groups excluding carboxylic acids is 1. The minimum Gasteiger partial charge on any atom is -1.00 e. The summed E-state index contributed by atoms with van der Waals surface area (Å²) in [7, 11) is -4.19. The molecule has 5 nitrogen and oxygen atoms in total. The van der Waals surface area contributed by atoms with Crippen LogP contribution in [0.5, 0.6) is 0 Å². The van der Waals surface area contributed by atoms with Gasteiger partial charge in [0.15, 0.2) is 0 Å².